The summed E-state index contributed by atoms with van der Waals surface area (Å²) in [6.45, 7) is 0. The molecule has 15 heavy (non-hydrogen) atoms. The lowest BCUT2D eigenvalue weighted by Gasteiger charge is -2.10. The molecule has 0 fully saturated rings. The quantitative estimate of drug-likeness (QED) is 0.819. The predicted molar refractivity (Wildman–Crippen MR) is 64.2 cm³/mol. The molecule has 1 unspecified atom stereocenters. The summed E-state index contributed by atoms with van der Waals surface area (Å²) >= 11 is 3.32. The molecule has 1 aromatic rings. The molecule has 3 nitrogen and oxygen atoms in total. The van der Waals surface area contributed by atoms with Gasteiger partial charge in [-0.2, -0.15) is 0 Å². The Balaban J connectivity index is 2.67. The molecular weight excluding hydrogens is 256 g/mol. The van der Waals surface area contributed by atoms with Gasteiger partial charge in [0.1, 0.15) is 0 Å². The van der Waals surface area contributed by atoms with Gasteiger partial charge in [-0.05, 0) is 28.1 Å². The van der Waals surface area contributed by atoms with Crippen molar-refractivity contribution < 1.29 is 4.79 Å². The summed E-state index contributed by atoms with van der Waals surface area (Å²) in [4.78, 5) is 11.5. The maximum atomic E-state index is 11.5. The first-order chi connectivity index (χ1) is 7.15. The Hall–Kier alpha value is -1.31. The number of para-hydroxylation sites is 1. The van der Waals surface area contributed by atoms with Gasteiger partial charge in [-0.25, -0.2) is 0 Å². The first kappa shape index (κ1) is 11.8. The van der Waals surface area contributed by atoms with Crippen molar-refractivity contribution in [1.29, 1.82) is 0 Å². The lowest BCUT2D eigenvalue weighted by atomic mass is 10.2. The zero-order valence-corrected chi connectivity index (χ0v) is 9.62. The number of hydrogen-bond acceptors (Lipinski definition) is 2. The number of hydrogen-bond donors (Lipinski definition) is 2. The second-order valence-corrected chi connectivity index (χ2v) is 3.84. The first-order valence-corrected chi connectivity index (χ1v) is 5.19. The highest BCUT2D eigenvalue weighted by atomic mass is 79.9. The maximum absolute atomic E-state index is 11.5. The van der Waals surface area contributed by atoms with Gasteiger partial charge in [0.25, 0.3) is 0 Å². The highest BCUT2D eigenvalue weighted by molar-refractivity contribution is 9.10. The van der Waals surface area contributed by atoms with Crippen LogP contribution in [0.4, 0.5) is 5.69 Å². The van der Waals surface area contributed by atoms with E-state index in [0.717, 1.165) is 4.47 Å². The molecular formula is C11H11BrN2O. The normalized spacial score (nSPS) is 11.5. The van der Waals surface area contributed by atoms with Crippen LogP contribution < -0.4 is 11.1 Å². The summed E-state index contributed by atoms with van der Waals surface area (Å²) in [7, 11) is 0. The van der Waals surface area contributed by atoms with Crippen LogP contribution in [0.3, 0.4) is 0 Å². The largest absolute Gasteiger partial charge is 0.324 e. The SMILES string of the molecule is C#CCC(N)C(=O)Nc1ccccc1Br. The van der Waals surface area contributed by atoms with Crippen molar-refractivity contribution >= 4 is 27.5 Å². The Morgan fingerprint density at radius 2 is 2.27 bits per heavy atom. The van der Waals surface area contributed by atoms with Crippen molar-refractivity contribution in [2.75, 3.05) is 5.32 Å². The minimum atomic E-state index is -0.665. The zero-order valence-electron chi connectivity index (χ0n) is 8.03. The smallest absolute Gasteiger partial charge is 0.242 e. The number of nitrogens with two attached hydrogens (primary N) is 1. The first-order valence-electron chi connectivity index (χ1n) is 4.39. The molecule has 1 rings (SSSR count). The van der Waals surface area contributed by atoms with Crippen LogP contribution in [0.15, 0.2) is 28.7 Å². The van der Waals surface area contributed by atoms with Gasteiger partial charge >= 0.3 is 0 Å². The van der Waals surface area contributed by atoms with Crippen LogP contribution in [0.25, 0.3) is 0 Å². The molecule has 1 aromatic carbocycles. The fourth-order valence-corrected chi connectivity index (χ4v) is 1.39. The molecule has 0 saturated heterocycles. The molecule has 0 aliphatic heterocycles. The molecule has 0 bridgehead atoms. The molecule has 0 aliphatic rings. The van der Waals surface area contributed by atoms with Crippen LogP contribution in [0.1, 0.15) is 6.42 Å². The van der Waals surface area contributed by atoms with Gasteiger partial charge in [-0.3, -0.25) is 4.79 Å². The van der Waals surface area contributed by atoms with E-state index in [2.05, 4.69) is 27.2 Å². The number of benzene rings is 1. The summed E-state index contributed by atoms with van der Waals surface area (Å²) in [6.07, 6.45) is 5.30. The van der Waals surface area contributed by atoms with Crippen molar-refractivity contribution in [3.05, 3.63) is 28.7 Å². The topological polar surface area (TPSA) is 55.1 Å². The summed E-state index contributed by atoms with van der Waals surface area (Å²) in [6, 6.07) is 6.64. The van der Waals surface area contributed by atoms with E-state index in [0.29, 0.717) is 5.69 Å². The van der Waals surface area contributed by atoms with Gasteiger partial charge in [-0.1, -0.05) is 12.1 Å². The molecule has 0 radical (unpaired) electrons. The van der Waals surface area contributed by atoms with Crippen molar-refractivity contribution in [2.24, 2.45) is 5.73 Å². The van der Waals surface area contributed by atoms with E-state index in [-0.39, 0.29) is 12.3 Å². The molecule has 0 heterocycles. The van der Waals surface area contributed by atoms with E-state index in [1.54, 1.807) is 6.07 Å². The van der Waals surface area contributed by atoms with Gasteiger partial charge in [0.2, 0.25) is 5.91 Å². The molecule has 4 heteroatoms. The van der Waals surface area contributed by atoms with E-state index in [1.165, 1.54) is 0 Å². The van der Waals surface area contributed by atoms with Crippen molar-refractivity contribution in [3.63, 3.8) is 0 Å². The standard InChI is InChI=1S/C11H11BrN2O/c1-2-5-9(13)11(15)14-10-7-4-3-6-8(10)12/h1,3-4,6-7,9H,5,13H2,(H,14,15). The molecule has 0 aliphatic carbocycles. The van der Waals surface area contributed by atoms with Gasteiger partial charge in [-0.15, -0.1) is 12.3 Å². The van der Waals surface area contributed by atoms with Crippen LogP contribution >= 0.6 is 15.9 Å². The summed E-state index contributed by atoms with van der Waals surface area (Å²) < 4.78 is 0.811. The van der Waals surface area contributed by atoms with E-state index in [4.69, 9.17) is 12.2 Å². The Bertz CT molecular complexity index is 398. The van der Waals surface area contributed by atoms with Gasteiger partial charge in [0.05, 0.1) is 11.7 Å². The predicted octanol–water partition coefficient (Wildman–Crippen LogP) is 1.74. The molecule has 0 aromatic heterocycles. The summed E-state index contributed by atoms with van der Waals surface area (Å²) in [5.74, 6) is 2.07. The average Bonchev–Trinajstić information content (AvgIpc) is 2.21. The summed E-state index contributed by atoms with van der Waals surface area (Å²) in [5, 5.41) is 2.69. The van der Waals surface area contributed by atoms with Crippen molar-refractivity contribution in [3.8, 4) is 12.3 Å². The zero-order chi connectivity index (χ0) is 11.3. The minimum Gasteiger partial charge on any atom is -0.324 e. The number of carbonyl (C=O) groups excluding carboxylic acids is 1. The third-order valence-electron chi connectivity index (χ3n) is 1.81. The molecule has 1 amide bonds. The van der Waals surface area contributed by atoms with Gasteiger partial charge < -0.3 is 11.1 Å². The van der Waals surface area contributed by atoms with E-state index < -0.39 is 6.04 Å². The van der Waals surface area contributed by atoms with Crippen molar-refractivity contribution in [1.82, 2.24) is 0 Å². The van der Waals surface area contributed by atoms with Crippen LogP contribution in [-0.4, -0.2) is 11.9 Å². The fourth-order valence-electron chi connectivity index (χ4n) is 1.01. The van der Waals surface area contributed by atoms with Crippen molar-refractivity contribution in [2.45, 2.75) is 12.5 Å². The fraction of sp³-hybridized carbons (Fsp3) is 0.182. The van der Waals surface area contributed by atoms with Gasteiger partial charge in [0, 0.05) is 10.9 Å². The molecule has 1 atom stereocenters. The third kappa shape index (κ3) is 3.39. The van der Waals surface area contributed by atoms with E-state index in [9.17, 15) is 4.79 Å². The Morgan fingerprint density at radius 1 is 1.60 bits per heavy atom. The van der Waals surface area contributed by atoms with E-state index >= 15 is 0 Å². The average molecular weight is 267 g/mol. The maximum Gasteiger partial charge on any atom is 0.242 e. The lowest BCUT2D eigenvalue weighted by Crippen LogP contribution is -2.35. The minimum absolute atomic E-state index is 0.232. The second kappa shape index (κ2) is 5.54. The third-order valence-corrected chi connectivity index (χ3v) is 2.50. The highest BCUT2D eigenvalue weighted by Crippen LogP contribution is 2.21. The number of terminal acetylenes is 1. The number of nitrogens with one attached hydrogen (secondary N) is 1. The Labute approximate surface area is 97.2 Å². The monoisotopic (exact) mass is 266 g/mol. The van der Waals surface area contributed by atoms with E-state index in [1.807, 2.05) is 18.2 Å². The van der Waals surface area contributed by atoms with Crippen LogP contribution in [-0.2, 0) is 4.79 Å². The number of anilines is 1. The molecule has 78 valence electrons. The Morgan fingerprint density at radius 3 is 2.87 bits per heavy atom. The van der Waals surface area contributed by atoms with Crippen LogP contribution in [0.5, 0.6) is 0 Å². The number of rotatable bonds is 3. The van der Waals surface area contributed by atoms with Crippen LogP contribution in [0.2, 0.25) is 0 Å². The molecule has 3 N–H and O–H groups in total. The van der Waals surface area contributed by atoms with Crippen LogP contribution in [0, 0.1) is 12.3 Å². The highest BCUT2D eigenvalue weighted by Gasteiger charge is 2.12. The summed E-state index contributed by atoms with van der Waals surface area (Å²) in [5.41, 5.74) is 6.25. The Kier molecular flexibility index (Phi) is 4.35. The molecule has 0 spiro atoms. The lowest BCUT2D eigenvalue weighted by molar-refractivity contribution is -0.117. The number of carbonyl (C=O) groups is 1. The second-order valence-electron chi connectivity index (χ2n) is 2.98. The number of halogens is 1. The van der Waals surface area contributed by atoms with Gasteiger partial charge in [0.15, 0.2) is 0 Å². The number of amides is 1. The molecule has 0 saturated carbocycles.